The van der Waals surface area contributed by atoms with Crippen LogP contribution >= 0.6 is 15.9 Å². The number of methoxy groups -OCH3 is 1. The van der Waals surface area contributed by atoms with E-state index in [1.807, 2.05) is 12.1 Å². The van der Waals surface area contributed by atoms with Gasteiger partial charge in [0.1, 0.15) is 5.75 Å². The molecule has 1 N–H and O–H groups in total. The first-order chi connectivity index (χ1) is 9.56. The molecule has 1 aromatic rings. The topological polar surface area (TPSA) is 24.5 Å². The first-order valence-electron chi connectivity index (χ1n) is 7.36. The average Bonchev–Trinajstić information content (AvgIpc) is 2.61. The number of ether oxygens (including phenoxy) is 1. The molecular weight excluding hydrogens is 316 g/mol. The van der Waals surface area contributed by atoms with Crippen molar-refractivity contribution in [2.24, 2.45) is 0 Å². The van der Waals surface area contributed by atoms with Gasteiger partial charge in [-0.2, -0.15) is 0 Å². The Balaban J connectivity index is 2.14. The molecule has 1 atom stereocenters. The molecule has 20 heavy (non-hydrogen) atoms. The van der Waals surface area contributed by atoms with Gasteiger partial charge in [0.25, 0.3) is 0 Å². The molecule has 1 aromatic carbocycles. The lowest BCUT2D eigenvalue weighted by Gasteiger charge is -2.33. The lowest BCUT2D eigenvalue weighted by atomic mass is 9.98. The van der Waals surface area contributed by atoms with Crippen molar-refractivity contribution in [2.45, 2.75) is 38.8 Å². The van der Waals surface area contributed by atoms with Gasteiger partial charge in [-0.05, 0) is 51.1 Å². The van der Waals surface area contributed by atoms with Crippen LogP contribution in [0.2, 0.25) is 0 Å². The lowest BCUT2D eigenvalue weighted by molar-refractivity contribution is 0.206. The number of halogens is 1. The lowest BCUT2D eigenvalue weighted by Crippen LogP contribution is -2.48. The van der Waals surface area contributed by atoms with Crippen LogP contribution in [-0.4, -0.2) is 37.2 Å². The summed E-state index contributed by atoms with van der Waals surface area (Å²) >= 11 is 3.56. The average molecular weight is 341 g/mol. The van der Waals surface area contributed by atoms with Gasteiger partial charge < -0.3 is 10.1 Å². The molecule has 1 heterocycles. The molecule has 0 radical (unpaired) electrons. The summed E-state index contributed by atoms with van der Waals surface area (Å²) in [6.45, 7) is 8.85. The van der Waals surface area contributed by atoms with E-state index in [0.29, 0.717) is 0 Å². The van der Waals surface area contributed by atoms with Gasteiger partial charge in [0, 0.05) is 28.7 Å². The quantitative estimate of drug-likeness (QED) is 0.908. The van der Waals surface area contributed by atoms with E-state index in [-0.39, 0.29) is 5.54 Å². The van der Waals surface area contributed by atoms with E-state index in [4.69, 9.17) is 4.74 Å². The van der Waals surface area contributed by atoms with E-state index in [1.165, 1.54) is 12.0 Å². The van der Waals surface area contributed by atoms with Crippen LogP contribution in [0.15, 0.2) is 22.7 Å². The van der Waals surface area contributed by atoms with Crippen molar-refractivity contribution >= 4 is 15.9 Å². The predicted octanol–water partition coefficient (Wildman–Crippen LogP) is 3.42. The van der Waals surface area contributed by atoms with E-state index in [9.17, 15) is 0 Å². The first-order valence-corrected chi connectivity index (χ1v) is 8.15. The largest absolute Gasteiger partial charge is 0.496 e. The minimum Gasteiger partial charge on any atom is -0.496 e. The van der Waals surface area contributed by atoms with Crippen LogP contribution in [0.25, 0.3) is 0 Å². The van der Waals surface area contributed by atoms with Gasteiger partial charge in [-0.1, -0.05) is 22.9 Å². The highest BCUT2D eigenvalue weighted by atomic mass is 79.9. The second-order valence-corrected chi connectivity index (χ2v) is 6.78. The molecule has 0 spiro atoms. The number of benzene rings is 1. The van der Waals surface area contributed by atoms with Crippen LogP contribution in [0.5, 0.6) is 5.75 Å². The van der Waals surface area contributed by atoms with Crippen molar-refractivity contribution in [1.29, 1.82) is 0 Å². The highest BCUT2D eigenvalue weighted by Crippen LogP contribution is 2.26. The van der Waals surface area contributed by atoms with Gasteiger partial charge >= 0.3 is 0 Å². The Morgan fingerprint density at radius 2 is 2.25 bits per heavy atom. The number of nitrogens with one attached hydrogen (secondary N) is 1. The molecule has 0 amide bonds. The summed E-state index contributed by atoms with van der Waals surface area (Å²) in [7, 11) is 1.74. The maximum absolute atomic E-state index is 5.49. The van der Waals surface area contributed by atoms with E-state index in [0.717, 1.165) is 42.8 Å². The predicted molar refractivity (Wildman–Crippen MR) is 87.3 cm³/mol. The number of rotatable bonds is 4. The van der Waals surface area contributed by atoms with Gasteiger partial charge in [-0.15, -0.1) is 0 Å². The highest BCUT2D eigenvalue weighted by molar-refractivity contribution is 9.10. The maximum atomic E-state index is 5.49. The molecule has 2 rings (SSSR count). The van der Waals surface area contributed by atoms with Gasteiger partial charge in [0.2, 0.25) is 0 Å². The van der Waals surface area contributed by atoms with Crippen LogP contribution in [0.4, 0.5) is 0 Å². The number of nitrogens with zero attached hydrogens (tertiary/aromatic N) is 1. The smallest absolute Gasteiger partial charge is 0.123 e. The fraction of sp³-hybridized carbons (Fsp3) is 0.625. The van der Waals surface area contributed by atoms with Crippen molar-refractivity contribution < 1.29 is 4.74 Å². The van der Waals surface area contributed by atoms with Crippen LogP contribution in [0.3, 0.4) is 0 Å². The zero-order chi connectivity index (χ0) is 14.6. The molecule has 112 valence electrons. The summed E-state index contributed by atoms with van der Waals surface area (Å²) in [6.07, 6.45) is 2.35. The van der Waals surface area contributed by atoms with Gasteiger partial charge in [-0.25, -0.2) is 0 Å². The van der Waals surface area contributed by atoms with E-state index in [1.54, 1.807) is 7.11 Å². The second kappa shape index (κ2) is 6.92. The minimum absolute atomic E-state index is 0.218. The summed E-state index contributed by atoms with van der Waals surface area (Å²) in [5.74, 6) is 0.976. The molecule has 4 heteroatoms. The monoisotopic (exact) mass is 340 g/mol. The van der Waals surface area contributed by atoms with Crippen LogP contribution in [0.1, 0.15) is 32.3 Å². The Morgan fingerprint density at radius 3 is 2.95 bits per heavy atom. The maximum Gasteiger partial charge on any atom is 0.123 e. The molecule has 1 fully saturated rings. The molecule has 0 saturated carbocycles. The molecule has 1 aliphatic heterocycles. The number of hydrogen-bond donors (Lipinski definition) is 1. The Morgan fingerprint density at radius 1 is 1.45 bits per heavy atom. The van der Waals surface area contributed by atoms with E-state index >= 15 is 0 Å². The molecule has 3 nitrogen and oxygen atoms in total. The fourth-order valence-electron chi connectivity index (χ4n) is 2.80. The fourth-order valence-corrected chi connectivity index (χ4v) is 3.21. The zero-order valence-electron chi connectivity index (χ0n) is 12.7. The SMILES string of the molecule is CCC1(C)CN(Cc2cc(Br)ccc2OC)CCCN1. The summed E-state index contributed by atoms with van der Waals surface area (Å²) < 4.78 is 6.60. The summed E-state index contributed by atoms with van der Waals surface area (Å²) in [5, 5.41) is 3.68. The third kappa shape index (κ3) is 3.96. The second-order valence-electron chi connectivity index (χ2n) is 5.86. The summed E-state index contributed by atoms with van der Waals surface area (Å²) in [5.41, 5.74) is 1.47. The molecular formula is C16H25BrN2O. The minimum atomic E-state index is 0.218. The van der Waals surface area contributed by atoms with Gasteiger partial charge in [0.15, 0.2) is 0 Å². The van der Waals surface area contributed by atoms with Crippen molar-refractivity contribution in [3.8, 4) is 5.75 Å². The van der Waals surface area contributed by atoms with Crippen molar-refractivity contribution in [3.63, 3.8) is 0 Å². The number of hydrogen-bond acceptors (Lipinski definition) is 3. The summed E-state index contributed by atoms with van der Waals surface area (Å²) in [4.78, 5) is 2.54. The standard InChI is InChI=1S/C16H25BrN2O/c1-4-16(2)12-19(9-5-8-18-16)11-13-10-14(17)6-7-15(13)20-3/h6-7,10,18H,4-5,8-9,11-12H2,1-3H3. The Kier molecular flexibility index (Phi) is 5.47. The molecule has 1 saturated heterocycles. The molecule has 1 unspecified atom stereocenters. The zero-order valence-corrected chi connectivity index (χ0v) is 14.3. The molecule has 1 aliphatic rings. The Labute approximate surface area is 130 Å². The Hall–Kier alpha value is -0.580. The van der Waals surface area contributed by atoms with Gasteiger partial charge in [-0.3, -0.25) is 4.90 Å². The van der Waals surface area contributed by atoms with Crippen molar-refractivity contribution in [2.75, 3.05) is 26.7 Å². The molecule has 0 bridgehead atoms. The van der Waals surface area contributed by atoms with E-state index in [2.05, 4.69) is 46.1 Å². The van der Waals surface area contributed by atoms with Crippen molar-refractivity contribution in [1.82, 2.24) is 10.2 Å². The van der Waals surface area contributed by atoms with E-state index < -0.39 is 0 Å². The van der Waals surface area contributed by atoms with Gasteiger partial charge in [0.05, 0.1) is 7.11 Å². The molecule has 0 aromatic heterocycles. The Bertz CT molecular complexity index is 452. The normalized spacial score (nSPS) is 24.4. The van der Waals surface area contributed by atoms with Crippen LogP contribution in [-0.2, 0) is 6.54 Å². The highest BCUT2D eigenvalue weighted by Gasteiger charge is 2.27. The van der Waals surface area contributed by atoms with Crippen LogP contribution < -0.4 is 10.1 Å². The van der Waals surface area contributed by atoms with Crippen LogP contribution in [0, 0.1) is 0 Å². The van der Waals surface area contributed by atoms with Crippen molar-refractivity contribution in [3.05, 3.63) is 28.2 Å². The summed E-state index contributed by atoms with van der Waals surface area (Å²) in [6, 6.07) is 6.23. The third-order valence-electron chi connectivity index (χ3n) is 4.19. The molecule has 0 aliphatic carbocycles. The first kappa shape index (κ1) is 15.8. The third-order valence-corrected chi connectivity index (χ3v) is 4.69.